The zero-order valence-electron chi connectivity index (χ0n) is 13.2. The van der Waals surface area contributed by atoms with Crippen molar-refractivity contribution in [1.82, 2.24) is 14.8 Å². The van der Waals surface area contributed by atoms with Crippen molar-refractivity contribution in [3.63, 3.8) is 0 Å². The topological polar surface area (TPSA) is 103 Å². The molecule has 3 aromatic rings. The van der Waals surface area contributed by atoms with Crippen molar-refractivity contribution >= 4 is 17.5 Å². The Morgan fingerprint density at radius 1 is 1.08 bits per heavy atom. The summed E-state index contributed by atoms with van der Waals surface area (Å²) in [5, 5.41) is 10.1. The lowest BCUT2D eigenvalue weighted by Gasteiger charge is -2.12. The molecule has 126 valence electrons. The smallest absolute Gasteiger partial charge is 0.257 e. The predicted octanol–water partition coefficient (Wildman–Crippen LogP) is 2.07. The summed E-state index contributed by atoms with van der Waals surface area (Å²) in [6.45, 7) is 1.86. The van der Waals surface area contributed by atoms with E-state index in [2.05, 4.69) is 15.5 Å². The fourth-order valence-corrected chi connectivity index (χ4v) is 2.37. The van der Waals surface area contributed by atoms with E-state index < -0.39 is 17.6 Å². The van der Waals surface area contributed by atoms with Crippen LogP contribution in [0.2, 0.25) is 0 Å². The highest BCUT2D eigenvalue weighted by atomic mass is 19.1. The van der Waals surface area contributed by atoms with Crippen molar-refractivity contribution in [1.29, 1.82) is 0 Å². The first kappa shape index (κ1) is 16.3. The number of aryl methyl sites for hydroxylation is 1. The molecule has 1 heterocycles. The Labute approximate surface area is 142 Å². The molecule has 3 N–H and O–H groups in total. The van der Waals surface area contributed by atoms with Crippen LogP contribution in [0, 0.1) is 12.7 Å². The highest BCUT2D eigenvalue weighted by molar-refractivity contribution is 6.07. The third-order valence-corrected chi connectivity index (χ3v) is 3.58. The Balaban J connectivity index is 1.96. The van der Waals surface area contributed by atoms with Crippen LogP contribution in [0.3, 0.4) is 0 Å². The van der Waals surface area contributed by atoms with E-state index in [-0.39, 0.29) is 11.3 Å². The van der Waals surface area contributed by atoms with E-state index in [4.69, 9.17) is 5.73 Å². The number of nitrogens with two attached hydrogens (primary N) is 1. The zero-order chi connectivity index (χ0) is 18.0. The van der Waals surface area contributed by atoms with Crippen molar-refractivity contribution in [3.8, 4) is 5.69 Å². The molecule has 8 heteroatoms. The minimum absolute atomic E-state index is 0.261. The third kappa shape index (κ3) is 3.37. The number of aromatic nitrogens is 3. The van der Waals surface area contributed by atoms with Gasteiger partial charge in [-0.2, -0.15) is 0 Å². The second kappa shape index (κ2) is 6.52. The molecule has 1 aromatic heterocycles. The number of carbonyl (C=O) groups excluding carboxylic acids is 2. The van der Waals surface area contributed by atoms with Gasteiger partial charge in [-0.05, 0) is 37.3 Å². The monoisotopic (exact) mass is 339 g/mol. The summed E-state index contributed by atoms with van der Waals surface area (Å²) >= 11 is 0. The molecule has 0 saturated carbocycles. The number of benzene rings is 2. The second-order valence-corrected chi connectivity index (χ2v) is 5.40. The van der Waals surface area contributed by atoms with Crippen molar-refractivity contribution in [3.05, 3.63) is 71.6 Å². The first-order valence-corrected chi connectivity index (χ1v) is 7.32. The minimum atomic E-state index is -0.908. The van der Waals surface area contributed by atoms with Crippen molar-refractivity contribution < 1.29 is 14.0 Å². The predicted molar refractivity (Wildman–Crippen MR) is 89.0 cm³/mol. The van der Waals surface area contributed by atoms with Crippen LogP contribution < -0.4 is 11.1 Å². The first-order chi connectivity index (χ1) is 12.0. The number of primary amides is 1. The van der Waals surface area contributed by atoms with Gasteiger partial charge in [0.2, 0.25) is 0 Å². The number of amides is 2. The van der Waals surface area contributed by atoms with Crippen LogP contribution in [0.15, 0.2) is 49.1 Å². The maximum Gasteiger partial charge on any atom is 0.257 e. The van der Waals surface area contributed by atoms with Gasteiger partial charge in [-0.1, -0.05) is 11.6 Å². The van der Waals surface area contributed by atoms with Gasteiger partial charge in [0, 0.05) is 5.69 Å². The van der Waals surface area contributed by atoms with Gasteiger partial charge in [-0.15, -0.1) is 10.2 Å². The van der Waals surface area contributed by atoms with E-state index in [1.54, 1.807) is 16.7 Å². The number of hydrogen-bond donors (Lipinski definition) is 2. The van der Waals surface area contributed by atoms with Crippen LogP contribution in [-0.2, 0) is 0 Å². The summed E-state index contributed by atoms with van der Waals surface area (Å²) in [4.78, 5) is 23.9. The lowest BCUT2D eigenvalue weighted by molar-refractivity contribution is 0.0992. The summed E-state index contributed by atoms with van der Waals surface area (Å²) < 4.78 is 15.2. The molecule has 0 aliphatic heterocycles. The summed E-state index contributed by atoms with van der Waals surface area (Å²) in [5.74, 6) is -2.07. The Hall–Kier alpha value is -3.55. The van der Waals surface area contributed by atoms with E-state index in [0.29, 0.717) is 11.3 Å². The number of anilines is 1. The quantitative estimate of drug-likeness (QED) is 0.759. The maximum absolute atomic E-state index is 13.6. The molecule has 0 unspecified atom stereocenters. The lowest BCUT2D eigenvalue weighted by Crippen LogP contribution is -2.17. The average molecular weight is 339 g/mol. The Kier molecular flexibility index (Phi) is 4.25. The SMILES string of the molecule is Cc1ccc(-n2cnnc2)c(C(=O)Nc2ccc(F)c(C(N)=O)c2)c1. The van der Waals surface area contributed by atoms with Gasteiger partial charge in [-0.25, -0.2) is 4.39 Å². The van der Waals surface area contributed by atoms with E-state index in [1.807, 2.05) is 13.0 Å². The standard InChI is InChI=1S/C17H14FN5O2/c1-10-2-5-15(23-8-20-21-9-23)13(6-10)17(25)22-11-3-4-14(18)12(7-11)16(19)24/h2-9H,1H3,(H2,19,24)(H,22,25). The fraction of sp³-hybridized carbons (Fsp3) is 0.0588. The first-order valence-electron chi connectivity index (χ1n) is 7.32. The van der Waals surface area contributed by atoms with Gasteiger partial charge in [0.25, 0.3) is 11.8 Å². The van der Waals surface area contributed by atoms with Gasteiger partial charge in [-0.3, -0.25) is 14.2 Å². The van der Waals surface area contributed by atoms with Gasteiger partial charge >= 0.3 is 0 Å². The Bertz CT molecular complexity index is 954. The van der Waals surface area contributed by atoms with Crippen LogP contribution in [-0.4, -0.2) is 26.6 Å². The number of rotatable bonds is 4. The minimum Gasteiger partial charge on any atom is -0.366 e. The lowest BCUT2D eigenvalue weighted by atomic mass is 10.1. The Morgan fingerprint density at radius 3 is 2.48 bits per heavy atom. The van der Waals surface area contributed by atoms with Crippen molar-refractivity contribution in [2.75, 3.05) is 5.32 Å². The van der Waals surface area contributed by atoms with Crippen molar-refractivity contribution in [2.24, 2.45) is 5.73 Å². The number of nitrogens with one attached hydrogen (secondary N) is 1. The largest absolute Gasteiger partial charge is 0.366 e. The highest BCUT2D eigenvalue weighted by Gasteiger charge is 2.15. The molecular weight excluding hydrogens is 325 g/mol. The molecule has 0 saturated heterocycles. The summed E-state index contributed by atoms with van der Waals surface area (Å²) in [7, 11) is 0. The number of nitrogens with zero attached hydrogens (tertiary/aromatic N) is 3. The molecule has 0 aliphatic carbocycles. The maximum atomic E-state index is 13.6. The van der Waals surface area contributed by atoms with Crippen LogP contribution >= 0.6 is 0 Å². The van der Waals surface area contributed by atoms with Crippen molar-refractivity contribution in [2.45, 2.75) is 6.92 Å². The van der Waals surface area contributed by atoms with Gasteiger partial charge < -0.3 is 11.1 Å². The van der Waals surface area contributed by atoms with Gasteiger partial charge in [0.05, 0.1) is 16.8 Å². The summed E-state index contributed by atoms with van der Waals surface area (Å²) in [6, 6.07) is 8.97. The molecule has 0 fully saturated rings. The van der Waals surface area contributed by atoms with Gasteiger partial charge in [0.1, 0.15) is 18.5 Å². The Morgan fingerprint density at radius 2 is 1.80 bits per heavy atom. The van der Waals surface area contributed by atoms with Gasteiger partial charge in [0.15, 0.2) is 0 Å². The van der Waals surface area contributed by atoms with Crippen LogP contribution in [0.25, 0.3) is 5.69 Å². The summed E-state index contributed by atoms with van der Waals surface area (Å²) in [6.07, 6.45) is 2.95. The van der Waals surface area contributed by atoms with E-state index in [9.17, 15) is 14.0 Å². The second-order valence-electron chi connectivity index (χ2n) is 5.40. The van der Waals surface area contributed by atoms with Crippen LogP contribution in [0.5, 0.6) is 0 Å². The highest BCUT2D eigenvalue weighted by Crippen LogP contribution is 2.20. The third-order valence-electron chi connectivity index (χ3n) is 3.58. The fourth-order valence-electron chi connectivity index (χ4n) is 2.37. The molecule has 3 rings (SSSR count). The number of carbonyl (C=O) groups is 2. The molecule has 2 amide bonds. The molecule has 2 aromatic carbocycles. The van der Waals surface area contributed by atoms with Crippen LogP contribution in [0.4, 0.5) is 10.1 Å². The van der Waals surface area contributed by atoms with E-state index >= 15 is 0 Å². The van der Waals surface area contributed by atoms with E-state index in [0.717, 1.165) is 11.6 Å². The number of hydrogen-bond acceptors (Lipinski definition) is 4. The van der Waals surface area contributed by atoms with E-state index in [1.165, 1.54) is 24.8 Å². The molecule has 0 radical (unpaired) electrons. The normalized spacial score (nSPS) is 10.5. The average Bonchev–Trinajstić information content (AvgIpc) is 3.10. The molecular formula is C17H14FN5O2. The zero-order valence-corrected chi connectivity index (χ0v) is 13.2. The molecule has 7 nitrogen and oxygen atoms in total. The molecule has 25 heavy (non-hydrogen) atoms. The molecule has 0 aliphatic rings. The molecule has 0 atom stereocenters. The number of halogens is 1. The molecule has 0 spiro atoms. The van der Waals surface area contributed by atoms with Crippen LogP contribution in [0.1, 0.15) is 26.3 Å². The summed E-state index contributed by atoms with van der Waals surface area (Å²) in [5.41, 5.74) is 6.95. The molecule has 0 bridgehead atoms.